The minimum absolute atomic E-state index is 0.0238. The number of ether oxygens (including phenoxy) is 1. The molecule has 8 heteroatoms. The number of nitrogens with zero attached hydrogens (tertiary/aromatic N) is 3. The van der Waals surface area contributed by atoms with Crippen molar-refractivity contribution in [2.75, 3.05) is 13.1 Å². The normalized spacial score (nSPS) is 22.2. The molecule has 1 saturated heterocycles. The number of carbonyl (C=O) groups is 1. The van der Waals surface area contributed by atoms with Crippen LogP contribution in [0.5, 0.6) is 0 Å². The SMILES string of the molecule is CC(C)(C)OC(=O)N1C[C@H](O[Si](C)(C)C(C)(C)C)C[C@H]1CN=[N+]=N. The van der Waals surface area contributed by atoms with E-state index in [1.54, 1.807) is 4.90 Å². The Kier molecular flexibility index (Phi) is 6.35. The molecule has 0 aliphatic carbocycles. The van der Waals surface area contributed by atoms with Crippen molar-refractivity contribution in [1.29, 1.82) is 5.53 Å². The molecule has 0 bridgehead atoms. The summed E-state index contributed by atoms with van der Waals surface area (Å²) >= 11 is 0. The van der Waals surface area contributed by atoms with Crippen molar-refractivity contribution < 1.29 is 14.0 Å². The van der Waals surface area contributed by atoms with E-state index >= 15 is 0 Å². The summed E-state index contributed by atoms with van der Waals surface area (Å²) in [6.45, 7) is 17.4. The van der Waals surface area contributed by atoms with Crippen LogP contribution >= 0.6 is 0 Å². The smallest absolute Gasteiger partial charge is 0.410 e. The van der Waals surface area contributed by atoms with Crippen LogP contribution in [0.3, 0.4) is 0 Å². The Balaban J connectivity index is 2.87. The van der Waals surface area contributed by atoms with Gasteiger partial charge in [0.25, 0.3) is 0 Å². The first kappa shape index (κ1) is 20.8. The molecule has 0 aromatic heterocycles. The third-order valence-corrected chi connectivity index (χ3v) is 9.17. The molecule has 1 aliphatic rings. The van der Waals surface area contributed by atoms with Crippen molar-refractivity contribution in [2.24, 2.45) is 5.11 Å². The average molecular weight is 358 g/mol. The minimum atomic E-state index is -1.91. The van der Waals surface area contributed by atoms with Crippen molar-refractivity contribution in [1.82, 2.24) is 9.81 Å². The van der Waals surface area contributed by atoms with Crippen LogP contribution in [-0.4, -0.2) is 50.1 Å². The molecule has 1 amide bonds. The van der Waals surface area contributed by atoms with Crippen LogP contribution in [0.15, 0.2) is 5.11 Å². The van der Waals surface area contributed by atoms with Gasteiger partial charge >= 0.3 is 6.09 Å². The number of amides is 1. The molecule has 7 nitrogen and oxygen atoms in total. The maximum absolute atomic E-state index is 12.5. The van der Waals surface area contributed by atoms with Gasteiger partial charge in [-0.05, 0) is 45.3 Å². The van der Waals surface area contributed by atoms with Gasteiger partial charge in [0, 0.05) is 6.54 Å². The summed E-state index contributed by atoms with van der Waals surface area (Å²) in [5.41, 5.74) is 6.31. The van der Waals surface area contributed by atoms with E-state index in [1.807, 2.05) is 20.8 Å². The second-order valence-corrected chi connectivity index (χ2v) is 13.7. The maximum Gasteiger partial charge on any atom is 0.410 e. The molecule has 138 valence electrons. The molecular formula is C16H33N4O3Si+. The average Bonchev–Trinajstić information content (AvgIpc) is 2.75. The summed E-state index contributed by atoms with van der Waals surface area (Å²) in [7, 11) is -1.91. The number of hydrogen-bond donors (Lipinski definition) is 1. The van der Waals surface area contributed by atoms with Crippen LogP contribution in [0.1, 0.15) is 48.0 Å². The Hall–Kier alpha value is -1.24. The molecule has 1 heterocycles. The predicted molar refractivity (Wildman–Crippen MR) is 95.6 cm³/mol. The van der Waals surface area contributed by atoms with Crippen molar-refractivity contribution in [3.63, 3.8) is 0 Å². The molecular weight excluding hydrogens is 324 g/mol. The van der Waals surface area contributed by atoms with Gasteiger partial charge in [0.05, 0.1) is 12.1 Å². The monoisotopic (exact) mass is 357 g/mol. The van der Waals surface area contributed by atoms with E-state index < -0.39 is 13.9 Å². The van der Waals surface area contributed by atoms with Gasteiger partial charge in [-0.1, -0.05) is 20.8 Å². The van der Waals surface area contributed by atoms with E-state index in [9.17, 15) is 4.79 Å². The van der Waals surface area contributed by atoms with Gasteiger partial charge in [0.15, 0.2) is 8.32 Å². The Morgan fingerprint density at radius 3 is 2.33 bits per heavy atom. The topological polar surface area (TPSA) is 89.1 Å². The van der Waals surface area contributed by atoms with Crippen LogP contribution in [0.4, 0.5) is 4.79 Å². The zero-order valence-electron chi connectivity index (χ0n) is 16.3. The lowest BCUT2D eigenvalue weighted by molar-refractivity contribution is 0.0215. The standard InChI is InChI=1S/C16H33N4O3Si/c1-15(2,3)22-14(21)20-11-13(9-12(20)10-18-19-17)23-24(7,8)16(4,5)6/h12-13,17H,9-11H2,1-8H3/q+1/t12-,13+/m0/s1. The van der Waals surface area contributed by atoms with Crippen LogP contribution < -0.4 is 4.91 Å². The summed E-state index contributed by atoms with van der Waals surface area (Å²) in [6, 6.07) is -0.135. The van der Waals surface area contributed by atoms with E-state index in [4.69, 9.17) is 14.7 Å². The Labute approximate surface area is 146 Å². The number of hydrogen-bond acceptors (Lipinski definition) is 5. The summed E-state index contributed by atoms with van der Waals surface area (Å²) in [5, 5.41) is 3.87. The first-order valence-corrected chi connectivity index (χ1v) is 11.4. The summed E-state index contributed by atoms with van der Waals surface area (Å²) < 4.78 is 12.0. The predicted octanol–water partition coefficient (Wildman–Crippen LogP) is 3.94. The van der Waals surface area contributed by atoms with Gasteiger partial charge in [0.2, 0.25) is 4.91 Å². The van der Waals surface area contributed by atoms with Crippen LogP contribution in [0.25, 0.3) is 0 Å². The molecule has 1 aliphatic heterocycles. The van der Waals surface area contributed by atoms with Gasteiger partial charge in [-0.25, -0.2) is 4.79 Å². The fourth-order valence-corrected chi connectivity index (χ4v) is 3.76. The van der Waals surface area contributed by atoms with Crippen LogP contribution in [0.2, 0.25) is 18.1 Å². The molecule has 1 fully saturated rings. The maximum atomic E-state index is 12.5. The second kappa shape index (κ2) is 7.33. The third kappa shape index (κ3) is 5.68. The molecule has 1 N–H and O–H groups in total. The zero-order valence-corrected chi connectivity index (χ0v) is 17.3. The van der Waals surface area contributed by atoms with E-state index in [-0.39, 0.29) is 23.3 Å². The highest BCUT2D eigenvalue weighted by Gasteiger charge is 2.44. The van der Waals surface area contributed by atoms with E-state index in [0.717, 1.165) is 0 Å². The lowest BCUT2D eigenvalue weighted by atomic mass is 10.2. The Morgan fingerprint density at radius 1 is 1.29 bits per heavy atom. The first-order valence-electron chi connectivity index (χ1n) is 8.47. The number of nitrogens with one attached hydrogen (secondary N) is 1. The van der Waals surface area contributed by atoms with Crippen molar-refractivity contribution >= 4 is 14.4 Å². The Morgan fingerprint density at radius 2 is 1.88 bits per heavy atom. The number of rotatable bonds is 4. The van der Waals surface area contributed by atoms with Gasteiger partial charge < -0.3 is 14.1 Å². The number of likely N-dealkylation sites (tertiary alicyclic amines) is 1. The highest BCUT2D eigenvalue weighted by atomic mass is 28.4. The summed E-state index contributed by atoms with van der Waals surface area (Å²) in [6.07, 6.45) is 0.323. The fraction of sp³-hybridized carbons (Fsp3) is 0.938. The van der Waals surface area contributed by atoms with Gasteiger partial charge in [-0.2, -0.15) is 0 Å². The molecule has 0 aromatic rings. The molecule has 1 rings (SSSR count). The van der Waals surface area contributed by atoms with E-state index in [0.29, 0.717) is 19.5 Å². The van der Waals surface area contributed by atoms with Gasteiger partial charge in [0.1, 0.15) is 22.8 Å². The molecule has 0 saturated carbocycles. The lowest BCUT2D eigenvalue weighted by Gasteiger charge is -2.38. The van der Waals surface area contributed by atoms with Crippen molar-refractivity contribution in [2.45, 2.75) is 83.8 Å². The third-order valence-electron chi connectivity index (χ3n) is 4.63. The molecule has 0 unspecified atom stereocenters. The first-order chi connectivity index (χ1) is 10.8. The lowest BCUT2D eigenvalue weighted by Crippen LogP contribution is -2.45. The molecule has 0 spiro atoms. The summed E-state index contributed by atoms with van der Waals surface area (Å²) in [4.78, 5) is 17.2. The van der Waals surface area contributed by atoms with Crippen LogP contribution in [0, 0.1) is 5.53 Å². The fourth-order valence-electron chi connectivity index (χ4n) is 2.40. The summed E-state index contributed by atoms with van der Waals surface area (Å²) in [5.74, 6) is 0. The molecule has 2 atom stereocenters. The molecule has 0 aromatic carbocycles. The largest absolute Gasteiger partial charge is 0.444 e. The zero-order chi connectivity index (χ0) is 18.8. The highest BCUT2D eigenvalue weighted by molar-refractivity contribution is 6.74. The van der Waals surface area contributed by atoms with Gasteiger partial charge in [-0.15, -0.1) is 0 Å². The Bertz CT molecular complexity index is 504. The highest BCUT2D eigenvalue weighted by Crippen LogP contribution is 2.39. The molecule has 0 radical (unpaired) electrons. The molecule has 24 heavy (non-hydrogen) atoms. The van der Waals surface area contributed by atoms with E-state index in [1.165, 1.54) is 0 Å². The van der Waals surface area contributed by atoms with Gasteiger partial charge in [-0.3, -0.25) is 0 Å². The number of carbonyl (C=O) groups excluding carboxylic acids is 1. The minimum Gasteiger partial charge on any atom is -0.444 e. The van der Waals surface area contributed by atoms with E-state index in [2.05, 4.69) is 43.9 Å². The van der Waals surface area contributed by atoms with Crippen molar-refractivity contribution in [3.05, 3.63) is 0 Å². The quantitative estimate of drug-likeness (QED) is 0.469. The second-order valence-electron chi connectivity index (χ2n) is 8.95. The van der Waals surface area contributed by atoms with Crippen LogP contribution in [-0.2, 0) is 9.16 Å². The van der Waals surface area contributed by atoms with Crippen molar-refractivity contribution in [3.8, 4) is 0 Å².